The SMILES string of the molecule is CC(N)Cc1ccc(-c2cccs2)s1. The zero-order valence-electron chi connectivity index (χ0n) is 8.07. The summed E-state index contributed by atoms with van der Waals surface area (Å²) in [5.74, 6) is 0. The Morgan fingerprint density at radius 2 is 2.14 bits per heavy atom. The minimum Gasteiger partial charge on any atom is -0.328 e. The highest BCUT2D eigenvalue weighted by Crippen LogP contribution is 2.31. The highest BCUT2D eigenvalue weighted by atomic mass is 32.1. The average molecular weight is 223 g/mol. The van der Waals surface area contributed by atoms with Crippen LogP contribution in [0.5, 0.6) is 0 Å². The Kier molecular flexibility index (Phi) is 3.01. The summed E-state index contributed by atoms with van der Waals surface area (Å²) in [4.78, 5) is 4.09. The summed E-state index contributed by atoms with van der Waals surface area (Å²) >= 11 is 3.64. The van der Waals surface area contributed by atoms with Crippen molar-refractivity contribution in [2.45, 2.75) is 19.4 Å². The van der Waals surface area contributed by atoms with Crippen molar-refractivity contribution in [2.24, 2.45) is 5.73 Å². The summed E-state index contributed by atoms with van der Waals surface area (Å²) in [6, 6.07) is 8.87. The van der Waals surface area contributed by atoms with Gasteiger partial charge >= 0.3 is 0 Å². The van der Waals surface area contributed by atoms with E-state index in [-0.39, 0.29) is 6.04 Å². The Hall–Kier alpha value is -0.640. The summed E-state index contributed by atoms with van der Waals surface area (Å²) in [5.41, 5.74) is 5.76. The van der Waals surface area contributed by atoms with Gasteiger partial charge in [-0.25, -0.2) is 0 Å². The van der Waals surface area contributed by atoms with Crippen LogP contribution in [-0.4, -0.2) is 6.04 Å². The zero-order valence-corrected chi connectivity index (χ0v) is 9.70. The summed E-state index contributed by atoms with van der Waals surface area (Å²) in [7, 11) is 0. The minimum absolute atomic E-state index is 0.254. The lowest BCUT2D eigenvalue weighted by molar-refractivity contribution is 0.746. The van der Waals surface area contributed by atoms with Gasteiger partial charge in [0.05, 0.1) is 0 Å². The van der Waals surface area contributed by atoms with Gasteiger partial charge in [0.2, 0.25) is 0 Å². The molecule has 2 rings (SSSR count). The van der Waals surface area contributed by atoms with E-state index < -0.39 is 0 Å². The van der Waals surface area contributed by atoms with Crippen molar-refractivity contribution in [1.29, 1.82) is 0 Å². The van der Waals surface area contributed by atoms with E-state index >= 15 is 0 Å². The highest BCUT2D eigenvalue weighted by molar-refractivity contribution is 7.21. The van der Waals surface area contributed by atoms with Crippen molar-refractivity contribution >= 4 is 22.7 Å². The topological polar surface area (TPSA) is 26.0 Å². The monoisotopic (exact) mass is 223 g/mol. The van der Waals surface area contributed by atoms with E-state index in [1.54, 1.807) is 11.3 Å². The maximum absolute atomic E-state index is 5.76. The first-order chi connectivity index (χ1) is 6.75. The second kappa shape index (κ2) is 4.26. The zero-order chi connectivity index (χ0) is 9.97. The van der Waals surface area contributed by atoms with Crippen molar-refractivity contribution in [2.75, 3.05) is 0 Å². The number of hydrogen-bond donors (Lipinski definition) is 1. The fourth-order valence-electron chi connectivity index (χ4n) is 1.36. The van der Waals surface area contributed by atoms with Gasteiger partial charge in [-0.2, -0.15) is 0 Å². The van der Waals surface area contributed by atoms with E-state index in [2.05, 4.69) is 29.6 Å². The van der Waals surface area contributed by atoms with Gasteiger partial charge in [0.1, 0.15) is 0 Å². The van der Waals surface area contributed by atoms with Crippen LogP contribution in [0.25, 0.3) is 9.75 Å². The normalized spacial score (nSPS) is 13.0. The maximum atomic E-state index is 5.76. The Morgan fingerprint density at radius 3 is 2.79 bits per heavy atom. The van der Waals surface area contributed by atoms with E-state index in [1.807, 2.05) is 18.3 Å². The molecule has 2 aromatic heterocycles. The third-order valence-corrected chi connectivity index (χ3v) is 4.12. The Labute approximate surface area is 92.2 Å². The van der Waals surface area contributed by atoms with Crippen LogP contribution in [-0.2, 0) is 6.42 Å². The van der Waals surface area contributed by atoms with Crippen LogP contribution in [0.15, 0.2) is 29.6 Å². The number of nitrogens with two attached hydrogens (primary N) is 1. The van der Waals surface area contributed by atoms with Gasteiger partial charge in [-0.1, -0.05) is 6.07 Å². The molecule has 0 aliphatic carbocycles. The standard InChI is InChI=1S/C11H13NS2/c1-8(12)7-9-4-5-11(14-9)10-3-2-6-13-10/h2-6,8H,7,12H2,1H3. The summed E-state index contributed by atoms with van der Waals surface area (Å²) < 4.78 is 0. The fourth-order valence-corrected chi connectivity index (χ4v) is 3.34. The molecule has 0 fully saturated rings. The van der Waals surface area contributed by atoms with Crippen LogP contribution in [0.2, 0.25) is 0 Å². The smallest absolute Gasteiger partial charge is 0.0445 e. The molecule has 3 heteroatoms. The lowest BCUT2D eigenvalue weighted by atomic mass is 10.2. The minimum atomic E-state index is 0.254. The molecule has 2 N–H and O–H groups in total. The van der Waals surface area contributed by atoms with Gasteiger partial charge < -0.3 is 5.73 Å². The van der Waals surface area contributed by atoms with Crippen molar-refractivity contribution in [3.63, 3.8) is 0 Å². The molecule has 2 aromatic rings. The first kappa shape index (κ1) is 9.90. The molecule has 1 unspecified atom stereocenters. The van der Waals surface area contributed by atoms with Gasteiger partial charge in [-0.3, -0.25) is 0 Å². The summed E-state index contributed by atoms with van der Waals surface area (Å²) in [5, 5.41) is 2.11. The van der Waals surface area contributed by atoms with Crippen molar-refractivity contribution in [1.82, 2.24) is 0 Å². The predicted octanol–water partition coefficient (Wildman–Crippen LogP) is 3.37. The van der Waals surface area contributed by atoms with E-state index in [0.717, 1.165) is 6.42 Å². The molecule has 74 valence electrons. The maximum Gasteiger partial charge on any atom is 0.0445 e. The Balaban J connectivity index is 2.18. The van der Waals surface area contributed by atoms with Crippen LogP contribution in [0, 0.1) is 0 Å². The van der Waals surface area contributed by atoms with E-state index in [0.29, 0.717) is 0 Å². The molecule has 0 saturated carbocycles. The third kappa shape index (κ3) is 2.23. The van der Waals surface area contributed by atoms with Crippen LogP contribution in [0.3, 0.4) is 0 Å². The van der Waals surface area contributed by atoms with Gasteiger partial charge in [0.15, 0.2) is 0 Å². The summed E-state index contributed by atoms with van der Waals surface area (Å²) in [6.07, 6.45) is 0.982. The van der Waals surface area contributed by atoms with Crippen molar-refractivity contribution in [3.05, 3.63) is 34.5 Å². The molecule has 0 aromatic carbocycles. The van der Waals surface area contributed by atoms with E-state index in [9.17, 15) is 0 Å². The first-order valence-electron chi connectivity index (χ1n) is 4.64. The third-order valence-electron chi connectivity index (χ3n) is 1.95. The van der Waals surface area contributed by atoms with Gasteiger partial charge in [0, 0.05) is 20.7 Å². The Bertz CT molecular complexity index is 387. The lowest BCUT2D eigenvalue weighted by Crippen LogP contribution is -2.16. The molecular formula is C11H13NS2. The molecule has 1 atom stereocenters. The molecule has 1 nitrogen and oxygen atoms in total. The first-order valence-corrected chi connectivity index (χ1v) is 6.33. The highest BCUT2D eigenvalue weighted by Gasteiger charge is 2.04. The molecule has 2 heterocycles. The molecule has 0 spiro atoms. The molecule has 14 heavy (non-hydrogen) atoms. The van der Waals surface area contributed by atoms with E-state index in [1.165, 1.54) is 14.6 Å². The van der Waals surface area contributed by atoms with Gasteiger partial charge in [-0.05, 0) is 36.9 Å². The molecule has 0 bridgehead atoms. The molecule has 0 radical (unpaired) electrons. The van der Waals surface area contributed by atoms with Crippen LogP contribution < -0.4 is 5.73 Å². The number of thiophene rings is 2. The van der Waals surface area contributed by atoms with Crippen LogP contribution in [0.4, 0.5) is 0 Å². The molecule has 0 amide bonds. The second-order valence-corrected chi connectivity index (χ2v) is 5.54. The van der Waals surface area contributed by atoms with Crippen LogP contribution >= 0.6 is 22.7 Å². The Morgan fingerprint density at radius 1 is 1.29 bits per heavy atom. The van der Waals surface area contributed by atoms with Crippen LogP contribution in [0.1, 0.15) is 11.8 Å². The molecule has 0 saturated heterocycles. The fraction of sp³-hybridized carbons (Fsp3) is 0.273. The second-order valence-electron chi connectivity index (χ2n) is 3.42. The molecular weight excluding hydrogens is 210 g/mol. The molecule has 0 aliphatic heterocycles. The van der Waals surface area contributed by atoms with Gasteiger partial charge in [-0.15, -0.1) is 22.7 Å². The number of hydrogen-bond acceptors (Lipinski definition) is 3. The predicted molar refractivity (Wildman–Crippen MR) is 65.0 cm³/mol. The number of rotatable bonds is 3. The average Bonchev–Trinajstić information content (AvgIpc) is 2.69. The lowest BCUT2D eigenvalue weighted by Gasteiger charge is -1.99. The summed E-state index contributed by atoms with van der Waals surface area (Å²) in [6.45, 7) is 2.05. The van der Waals surface area contributed by atoms with Gasteiger partial charge in [0.25, 0.3) is 0 Å². The largest absolute Gasteiger partial charge is 0.328 e. The van der Waals surface area contributed by atoms with Crippen molar-refractivity contribution < 1.29 is 0 Å². The van der Waals surface area contributed by atoms with E-state index in [4.69, 9.17) is 5.73 Å². The molecule has 0 aliphatic rings. The van der Waals surface area contributed by atoms with Crippen molar-refractivity contribution in [3.8, 4) is 9.75 Å². The quantitative estimate of drug-likeness (QED) is 0.848.